The van der Waals surface area contributed by atoms with Crippen LogP contribution in [0.1, 0.15) is 32.8 Å². The lowest BCUT2D eigenvalue weighted by Gasteiger charge is -2.48. The molecule has 0 saturated heterocycles. The molecule has 0 fully saturated rings. The summed E-state index contributed by atoms with van der Waals surface area (Å²) in [6.07, 6.45) is 0.948. The number of rotatable bonds is 2. The highest BCUT2D eigenvalue weighted by Crippen LogP contribution is 2.46. The maximum atomic E-state index is 4.26. The minimum Gasteiger partial charge on any atom is -0.362 e. The molecule has 108 valence electrons. The first kappa shape index (κ1) is 15.2. The van der Waals surface area contributed by atoms with E-state index in [-0.39, 0.29) is 5.54 Å². The van der Waals surface area contributed by atoms with E-state index >= 15 is 0 Å². The molecule has 0 N–H and O–H groups in total. The third kappa shape index (κ3) is 2.08. The zero-order valence-corrected chi connectivity index (χ0v) is 14.6. The first-order valence-electron chi connectivity index (χ1n) is 6.90. The summed E-state index contributed by atoms with van der Waals surface area (Å²) < 4.78 is 1.10. The van der Waals surface area contributed by atoms with Crippen molar-refractivity contribution in [3.05, 3.63) is 41.0 Å². The van der Waals surface area contributed by atoms with Gasteiger partial charge in [-0.3, -0.25) is 0 Å². The van der Waals surface area contributed by atoms with Gasteiger partial charge in [-0.05, 0) is 43.5 Å². The van der Waals surface area contributed by atoms with Gasteiger partial charge in [-0.2, -0.15) is 0 Å². The molecule has 0 bridgehead atoms. The van der Waals surface area contributed by atoms with Crippen molar-refractivity contribution in [2.24, 2.45) is 0 Å². The van der Waals surface area contributed by atoms with E-state index < -0.39 is 0 Å². The summed E-state index contributed by atoms with van der Waals surface area (Å²) in [6, 6.07) is 4.40. The summed E-state index contributed by atoms with van der Waals surface area (Å²) >= 11 is 3.69. The highest BCUT2D eigenvalue weighted by Gasteiger charge is 2.37. The van der Waals surface area contributed by atoms with Crippen LogP contribution in [0.25, 0.3) is 5.57 Å². The lowest BCUT2D eigenvalue weighted by Crippen LogP contribution is -2.51. The minimum absolute atomic E-state index is 0.0928. The van der Waals surface area contributed by atoms with Crippen LogP contribution >= 0.6 is 15.9 Å². The van der Waals surface area contributed by atoms with Crippen molar-refractivity contribution in [2.45, 2.75) is 32.7 Å². The van der Waals surface area contributed by atoms with E-state index in [4.69, 9.17) is 0 Å². The van der Waals surface area contributed by atoms with Gasteiger partial charge in [0.2, 0.25) is 0 Å². The van der Waals surface area contributed by atoms with Crippen LogP contribution in [0.5, 0.6) is 0 Å². The van der Waals surface area contributed by atoms with Crippen LogP contribution in [0, 0.1) is 0 Å². The number of anilines is 2. The van der Waals surface area contributed by atoms with Crippen molar-refractivity contribution in [1.82, 2.24) is 0 Å². The van der Waals surface area contributed by atoms with Gasteiger partial charge in [0.1, 0.15) is 0 Å². The monoisotopic (exact) mass is 334 g/mol. The fraction of sp³-hybridized carbons (Fsp3) is 0.412. The van der Waals surface area contributed by atoms with E-state index in [1.165, 1.54) is 16.9 Å². The summed E-state index contributed by atoms with van der Waals surface area (Å²) in [5.41, 5.74) is 5.73. The summed E-state index contributed by atoms with van der Waals surface area (Å²) in [7, 11) is 4.21. The average Bonchev–Trinajstić information content (AvgIpc) is 2.42. The molecule has 1 heterocycles. The summed E-state index contributed by atoms with van der Waals surface area (Å²) in [5.74, 6) is 0. The fourth-order valence-corrected chi connectivity index (χ4v) is 3.21. The quantitative estimate of drug-likeness (QED) is 0.746. The lowest BCUT2D eigenvalue weighted by molar-refractivity contribution is 0.541. The number of hydrogen-bond donors (Lipinski definition) is 0. The molecule has 20 heavy (non-hydrogen) atoms. The van der Waals surface area contributed by atoms with Crippen LogP contribution in [0.15, 0.2) is 35.5 Å². The molecule has 0 aliphatic carbocycles. The molecule has 0 amide bonds. The molecule has 1 aliphatic heterocycles. The third-order valence-corrected chi connectivity index (χ3v) is 5.20. The van der Waals surface area contributed by atoms with Gasteiger partial charge in [-0.15, -0.1) is 0 Å². The van der Waals surface area contributed by atoms with Gasteiger partial charge in [0.05, 0.1) is 16.9 Å². The molecular formula is C17H23BrN2. The van der Waals surface area contributed by atoms with E-state index in [9.17, 15) is 0 Å². The number of hydrogen-bond acceptors (Lipinski definition) is 2. The molecule has 0 radical (unpaired) electrons. The fourth-order valence-electron chi connectivity index (χ4n) is 2.60. The van der Waals surface area contributed by atoms with Gasteiger partial charge in [0, 0.05) is 24.3 Å². The molecule has 2 rings (SSSR count). The summed E-state index contributed by atoms with van der Waals surface area (Å²) in [5, 5.41) is 0. The van der Waals surface area contributed by atoms with Gasteiger partial charge >= 0.3 is 0 Å². The Balaban J connectivity index is 2.67. The Morgan fingerprint density at radius 1 is 1.25 bits per heavy atom. The molecular weight excluding hydrogens is 312 g/mol. The maximum absolute atomic E-state index is 4.26. The summed E-state index contributed by atoms with van der Waals surface area (Å²) in [6.45, 7) is 14.9. The molecule has 0 atom stereocenters. The van der Waals surface area contributed by atoms with Crippen molar-refractivity contribution in [2.75, 3.05) is 23.9 Å². The normalized spacial score (nSPS) is 17.2. The molecule has 0 spiro atoms. The zero-order chi connectivity index (χ0) is 15.2. The minimum atomic E-state index is -0.0928. The van der Waals surface area contributed by atoms with Crippen LogP contribution in [-0.4, -0.2) is 19.6 Å². The Kier molecular flexibility index (Phi) is 3.76. The molecule has 2 nitrogen and oxygen atoms in total. The van der Waals surface area contributed by atoms with Crippen LogP contribution < -0.4 is 9.80 Å². The molecule has 1 aromatic rings. The molecule has 0 saturated carbocycles. The largest absolute Gasteiger partial charge is 0.362 e. The second-order valence-electron chi connectivity index (χ2n) is 5.90. The van der Waals surface area contributed by atoms with Crippen molar-refractivity contribution < 1.29 is 0 Å². The first-order chi connectivity index (χ1) is 9.21. The van der Waals surface area contributed by atoms with E-state index in [1.54, 1.807) is 0 Å². The van der Waals surface area contributed by atoms with Crippen molar-refractivity contribution in [3.8, 4) is 0 Å². The molecule has 1 aliphatic rings. The smallest absolute Gasteiger partial charge is 0.0739 e. The Morgan fingerprint density at radius 2 is 1.85 bits per heavy atom. The Morgan fingerprint density at radius 3 is 2.40 bits per heavy atom. The average molecular weight is 335 g/mol. The van der Waals surface area contributed by atoms with Gasteiger partial charge in [0.25, 0.3) is 0 Å². The van der Waals surface area contributed by atoms with E-state index in [2.05, 4.69) is 85.9 Å². The maximum Gasteiger partial charge on any atom is 0.0739 e. The van der Waals surface area contributed by atoms with Gasteiger partial charge < -0.3 is 9.80 Å². The number of halogens is 1. The highest BCUT2D eigenvalue weighted by molar-refractivity contribution is 9.10. The Hall–Kier alpha value is -1.22. The van der Waals surface area contributed by atoms with Crippen LogP contribution in [0.3, 0.4) is 0 Å². The highest BCUT2D eigenvalue weighted by atomic mass is 79.9. The second kappa shape index (κ2) is 4.96. The van der Waals surface area contributed by atoms with E-state index in [1.807, 2.05) is 0 Å². The second-order valence-corrected chi connectivity index (χ2v) is 6.76. The summed E-state index contributed by atoms with van der Waals surface area (Å²) in [4.78, 5) is 4.47. The predicted molar refractivity (Wildman–Crippen MR) is 93.5 cm³/mol. The van der Waals surface area contributed by atoms with Gasteiger partial charge in [-0.1, -0.05) is 36.0 Å². The number of fused-ring (bicyclic) bond motifs is 1. The molecule has 3 heteroatoms. The number of nitrogens with zero attached hydrogens (tertiary/aromatic N) is 2. The van der Waals surface area contributed by atoms with Crippen LogP contribution in [0.2, 0.25) is 0 Å². The number of benzene rings is 1. The van der Waals surface area contributed by atoms with Crippen LogP contribution in [0.4, 0.5) is 11.4 Å². The topological polar surface area (TPSA) is 6.48 Å². The zero-order valence-electron chi connectivity index (χ0n) is 13.0. The van der Waals surface area contributed by atoms with Crippen LogP contribution in [-0.2, 0) is 0 Å². The van der Waals surface area contributed by atoms with Gasteiger partial charge in [-0.25, -0.2) is 0 Å². The third-order valence-electron chi connectivity index (χ3n) is 4.54. The standard InChI is InChI=1S/C17H23BrN2/c1-8-11(2)13-9-15-16(10-14(13)18)20(7)17(4,5)12(3)19(15)6/h9-10H,2-3,8H2,1,4-7H3. The van der Waals surface area contributed by atoms with Crippen molar-refractivity contribution in [3.63, 3.8) is 0 Å². The molecule has 1 aromatic carbocycles. The Labute approximate surface area is 130 Å². The van der Waals surface area contributed by atoms with Crippen molar-refractivity contribution >= 4 is 32.9 Å². The van der Waals surface area contributed by atoms with E-state index in [0.29, 0.717) is 0 Å². The SMILES string of the molecule is C=C(CC)c1cc2c(cc1Br)N(C)C(C)(C)C(=C)N2C. The van der Waals surface area contributed by atoms with Gasteiger partial charge in [0.15, 0.2) is 0 Å². The lowest BCUT2D eigenvalue weighted by atomic mass is 9.92. The van der Waals surface area contributed by atoms with E-state index in [0.717, 1.165) is 22.2 Å². The van der Waals surface area contributed by atoms with Crippen molar-refractivity contribution in [1.29, 1.82) is 0 Å². The molecule has 0 aromatic heterocycles. The predicted octanol–water partition coefficient (Wildman–Crippen LogP) is 5.05. The number of allylic oxidation sites excluding steroid dienone is 1. The number of likely N-dealkylation sites (N-methyl/N-ethyl adjacent to an activating group) is 2. The molecule has 0 unspecified atom stereocenters. The Bertz CT molecular complexity index is 587. The first-order valence-corrected chi connectivity index (χ1v) is 7.69.